The van der Waals surface area contributed by atoms with Gasteiger partial charge >= 0.3 is 0 Å². The summed E-state index contributed by atoms with van der Waals surface area (Å²) in [6.07, 6.45) is 0.890. The molecule has 0 radical (unpaired) electrons. The number of thiophene rings is 1. The van der Waals surface area contributed by atoms with Crippen molar-refractivity contribution in [3.63, 3.8) is 0 Å². The molecule has 5 nitrogen and oxygen atoms in total. The van der Waals surface area contributed by atoms with Crippen molar-refractivity contribution in [2.75, 3.05) is 11.1 Å². The van der Waals surface area contributed by atoms with E-state index in [0.29, 0.717) is 27.8 Å². The second-order valence-corrected chi connectivity index (χ2v) is 9.18. The first-order valence-corrected chi connectivity index (χ1v) is 11.2. The fraction of sp³-hybridized carbons (Fsp3) is 0.381. The van der Waals surface area contributed by atoms with Crippen LogP contribution in [0.15, 0.2) is 39.6 Å². The molecule has 28 heavy (non-hydrogen) atoms. The Morgan fingerprint density at radius 3 is 2.82 bits per heavy atom. The zero-order valence-electron chi connectivity index (χ0n) is 16.6. The minimum atomic E-state index is -0.103. The van der Waals surface area contributed by atoms with Gasteiger partial charge in [-0.05, 0) is 54.8 Å². The number of aryl methyl sites for hydroxylation is 2. The molecule has 1 amide bonds. The number of hydrogen-bond acceptors (Lipinski definition) is 5. The van der Waals surface area contributed by atoms with Gasteiger partial charge in [0.05, 0.1) is 11.3 Å². The Kier molecular flexibility index (Phi) is 6.57. The Balaban J connectivity index is 1.79. The molecule has 0 unspecified atom stereocenters. The van der Waals surface area contributed by atoms with E-state index < -0.39 is 0 Å². The van der Waals surface area contributed by atoms with Crippen molar-refractivity contribution in [3.8, 4) is 0 Å². The number of nitrogens with one attached hydrogen (secondary N) is 1. The van der Waals surface area contributed by atoms with Crippen LogP contribution in [0.25, 0.3) is 10.2 Å². The highest BCUT2D eigenvalue weighted by Crippen LogP contribution is 2.22. The number of aromatic nitrogens is 2. The van der Waals surface area contributed by atoms with Gasteiger partial charge < -0.3 is 5.32 Å². The minimum absolute atomic E-state index is 0.0157. The first-order valence-electron chi connectivity index (χ1n) is 9.33. The zero-order chi connectivity index (χ0) is 20.3. The van der Waals surface area contributed by atoms with Gasteiger partial charge in [0, 0.05) is 12.2 Å². The lowest BCUT2D eigenvalue weighted by Gasteiger charge is -2.13. The lowest BCUT2D eigenvalue weighted by atomic mass is 10.1. The Labute approximate surface area is 173 Å². The van der Waals surface area contributed by atoms with Crippen molar-refractivity contribution >= 4 is 44.9 Å². The number of carbonyl (C=O) groups excluding carboxylic acids is 1. The highest BCUT2D eigenvalue weighted by atomic mass is 32.2. The standard InChI is InChI=1S/C21H25N3O2S2/c1-13(2)7-9-24-20(26)19-16(8-10-27-19)23-21(24)28-12-18(25)22-17-11-14(3)5-6-15(17)4/h5-6,8,10-11,13H,7,9,12H2,1-4H3,(H,22,25). The summed E-state index contributed by atoms with van der Waals surface area (Å²) in [5.74, 6) is 0.585. The SMILES string of the molecule is Cc1ccc(C)c(NC(=O)CSc2nc3ccsc3c(=O)n2CCC(C)C)c1. The molecule has 1 N–H and O–H groups in total. The second kappa shape index (κ2) is 8.92. The van der Waals surface area contributed by atoms with Gasteiger partial charge in [-0.2, -0.15) is 0 Å². The number of rotatable bonds is 7. The molecule has 0 saturated heterocycles. The van der Waals surface area contributed by atoms with Gasteiger partial charge in [0.2, 0.25) is 5.91 Å². The largest absolute Gasteiger partial charge is 0.325 e. The third-order valence-corrected chi connectivity index (χ3v) is 6.33. The van der Waals surface area contributed by atoms with Crippen LogP contribution < -0.4 is 10.9 Å². The van der Waals surface area contributed by atoms with Crippen molar-refractivity contribution in [2.45, 2.75) is 45.8 Å². The maximum absolute atomic E-state index is 12.9. The number of thioether (sulfide) groups is 1. The fourth-order valence-corrected chi connectivity index (χ4v) is 4.41. The molecule has 0 bridgehead atoms. The van der Waals surface area contributed by atoms with Crippen LogP contribution in [-0.2, 0) is 11.3 Å². The highest BCUT2D eigenvalue weighted by Gasteiger charge is 2.15. The molecule has 0 spiro atoms. The molecule has 0 aliphatic heterocycles. The summed E-state index contributed by atoms with van der Waals surface area (Å²) < 4.78 is 2.39. The molecule has 0 aliphatic rings. The van der Waals surface area contributed by atoms with Crippen LogP contribution in [0.5, 0.6) is 0 Å². The van der Waals surface area contributed by atoms with Crippen molar-refractivity contribution < 1.29 is 4.79 Å². The maximum atomic E-state index is 12.9. The van der Waals surface area contributed by atoms with Crippen LogP contribution in [0.3, 0.4) is 0 Å². The van der Waals surface area contributed by atoms with Gasteiger partial charge in [0.25, 0.3) is 5.56 Å². The second-order valence-electron chi connectivity index (χ2n) is 7.32. The van der Waals surface area contributed by atoms with E-state index in [9.17, 15) is 9.59 Å². The van der Waals surface area contributed by atoms with Crippen LogP contribution in [0.2, 0.25) is 0 Å². The summed E-state index contributed by atoms with van der Waals surface area (Å²) >= 11 is 2.73. The average Bonchev–Trinajstić information content (AvgIpc) is 3.11. The van der Waals surface area contributed by atoms with E-state index in [1.165, 1.54) is 23.1 Å². The molecule has 2 aromatic heterocycles. The molecular weight excluding hydrogens is 390 g/mol. The lowest BCUT2D eigenvalue weighted by Crippen LogP contribution is -2.24. The van der Waals surface area contributed by atoms with E-state index in [-0.39, 0.29) is 17.2 Å². The van der Waals surface area contributed by atoms with Crippen molar-refractivity contribution in [1.29, 1.82) is 0 Å². The van der Waals surface area contributed by atoms with Crippen LogP contribution in [0.4, 0.5) is 5.69 Å². The molecule has 0 aliphatic carbocycles. The number of nitrogens with zero attached hydrogens (tertiary/aromatic N) is 2. The molecule has 3 rings (SSSR count). The Morgan fingerprint density at radius 1 is 1.29 bits per heavy atom. The Hall–Kier alpha value is -2.12. The van der Waals surface area contributed by atoms with Gasteiger partial charge in [0.1, 0.15) is 4.70 Å². The topological polar surface area (TPSA) is 64.0 Å². The molecule has 148 valence electrons. The summed E-state index contributed by atoms with van der Waals surface area (Å²) in [5.41, 5.74) is 3.63. The summed E-state index contributed by atoms with van der Waals surface area (Å²) in [6, 6.07) is 7.83. The predicted octanol–water partition coefficient (Wildman–Crippen LogP) is 4.85. The zero-order valence-corrected chi connectivity index (χ0v) is 18.2. The predicted molar refractivity (Wildman–Crippen MR) is 119 cm³/mol. The normalized spacial score (nSPS) is 11.3. The van der Waals surface area contributed by atoms with E-state index in [4.69, 9.17) is 0 Å². The van der Waals surface area contributed by atoms with Gasteiger partial charge in [-0.25, -0.2) is 4.98 Å². The third-order valence-electron chi connectivity index (χ3n) is 4.46. The van der Waals surface area contributed by atoms with E-state index in [0.717, 1.165) is 23.2 Å². The Bertz CT molecular complexity index is 1050. The van der Waals surface area contributed by atoms with Gasteiger partial charge in [0.15, 0.2) is 5.16 Å². The molecular formula is C21H25N3O2S2. The number of amides is 1. The monoisotopic (exact) mass is 415 g/mol. The Morgan fingerprint density at radius 2 is 2.07 bits per heavy atom. The van der Waals surface area contributed by atoms with Crippen LogP contribution in [0.1, 0.15) is 31.4 Å². The maximum Gasteiger partial charge on any atom is 0.272 e. The minimum Gasteiger partial charge on any atom is -0.325 e. The third kappa shape index (κ3) is 4.83. The molecule has 0 saturated carbocycles. The van der Waals surface area contributed by atoms with E-state index >= 15 is 0 Å². The molecule has 7 heteroatoms. The first kappa shape index (κ1) is 20.6. The van der Waals surface area contributed by atoms with Crippen LogP contribution in [0, 0.1) is 19.8 Å². The van der Waals surface area contributed by atoms with Gasteiger partial charge in [-0.3, -0.25) is 14.2 Å². The van der Waals surface area contributed by atoms with Gasteiger partial charge in [-0.15, -0.1) is 11.3 Å². The number of anilines is 1. The van der Waals surface area contributed by atoms with Crippen LogP contribution in [-0.4, -0.2) is 21.2 Å². The summed E-state index contributed by atoms with van der Waals surface area (Å²) in [5, 5.41) is 5.45. The number of benzene rings is 1. The summed E-state index contributed by atoms with van der Waals surface area (Å²) in [7, 11) is 0. The smallest absolute Gasteiger partial charge is 0.272 e. The van der Waals surface area contributed by atoms with Crippen LogP contribution >= 0.6 is 23.1 Å². The van der Waals surface area contributed by atoms with E-state index in [1.807, 2.05) is 43.5 Å². The number of carbonyl (C=O) groups is 1. The fourth-order valence-electron chi connectivity index (χ4n) is 2.80. The molecule has 3 aromatic rings. The number of hydrogen-bond donors (Lipinski definition) is 1. The highest BCUT2D eigenvalue weighted by molar-refractivity contribution is 7.99. The number of fused-ring (bicyclic) bond motifs is 1. The van der Waals surface area contributed by atoms with E-state index in [1.54, 1.807) is 4.57 Å². The summed E-state index contributed by atoms with van der Waals surface area (Å²) in [6.45, 7) is 8.84. The molecule has 1 aromatic carbocycles. The molecule has 0 atom stereocenters. The first-order chi connectivity index (χ1) is 13.3. The lowest BCUT2D eigenvalue weighted by molar-refractivity contribution is -0.113. The van der Waals surface area contributed by atoms with Gasteiger partial charge in [-0.1, -0.05) is 37.7 Å². The van der Waals surface area contributed by atoms with Crippen molar-refractivity contribution in [1.82, 2.24) is 9.55 Å². The van der Waals surface area contributed by atoms with Crippen molar-refractivity contribution in [3.05, 3.63) is 51.1 Å². The van der Waals surface area contributed by atoms with E-state index in [2.05, 4.69) is 24.1 Å². The molecule has 0 fully saturated rings. The quantitative estimate of drug-likeness (QED) is 0.442. The average molecular weight is 416 g/mol. The summed E-state index contributed by atoms with van der Waals surface area (Å²) in [4.78, 5) is 30.0. The molecule has 2 heterocycles. The van der Waals surface area contributed by atoms with Crippen molar-refractivity contribution in [2.24, 2.45) is 5.92 Å².